The second kappa shape index (κ2) is 10.6. The third-order valence-corrected chi connectivity index (χ3v) is 6.92. The van der Waals surface area contributed by atoms with Gasteiger partial charge in [0.05, 0.1) is 23.9 Å². The topological polar surface area (TPSA) is 111 Å². The SMILES string of the molecule is O=C1N[C@@](c2ccc(OCCCCCC(F)(F)F)cc2)(C(F)(F)F)CC(c2ccn(C3CC3)n2)=C1c1nnn[nH]1. The minimum atomic E-state index is -4.90. The summed E-state index contributed by atoms with van der Waals surface area (Å²) in [6.07, 6.45) is -6.53. The van der Waals surface area contributed by atoms with Crippen LogP contribution >= 0.6 is 0 Å². The van der Waals surface area contributed by atoms with Crippen molar-refractivity contribution in [2.24, 2.45) is 0 Å². The fourth-order valence-corrected chi connectivity index (χ4v) is 4.71. The molecule has 1 saturated carbocycles. The van der Waals surface area contributed by atoms with E-state index in [-0.39, 0.29) is 53.0 Å². The normalized spacial score (nSPS) is 20.1. The molecule has 0 spiro atoms. The quantitative estimate of drug-likeness (QED) is 0.259. The molecule has 1 atom stereocenters. The third-order valence-electron chi connectivity index (χ3n) is 6.92. The summed E-state index contributed by atoms with van der Waals surface area (Å²) in [6, 6.07) is 6.86. The van der Waals surface area contributed by atoms with Crippen molar-refractivity contribution in [3.05, 3.63) is 53.6 Å². The van der Waals surface area contributed by atoms with Gasteiger partial charge in [0.15, 0.2) is 11.4 Å². The fourth-order valence-electron chi connectivity index (χ4n) is 4.71. The van der Waals surface area contributed by atoms with E-state index in [1.54, 1.807) is 16.9 Å². The number of carbonyl (C=O) groups excluding carboxylic acids is 1. The highest BCUT2D eigenvalue weighted by Gasteiger charge is 2.60. The van der Waals surface area contributed by atoms with Crippen LogP contribution in [0.3, 0.4) is 0 Å². The molecule has 2 aromatic heterocycles. The minimum Gasteiger partial charge on any atom is -0.494 e. The van der Waals surface area contributed by atoms with Crippen LogP contribution in [0.25, 0.3) is 11.1 Å². The molecule has 5 rings (SSSR count). The van der Waals surface area contributed by atoms with E-state index in [2.05, 4.69) is 31.0 Å². The van der Waals surface area contributed by atoms with Crippen molar-refractivity contribution in [1.82, 2.24) is 35.7 Å². The molecule has 214 valence electrons. The summed E-state index contributed by atoms with van der Waals surface area (Å²) in [4.78, 5) is 13.3. The van der Waals surface area contributed by atoms with Gasteiger partial charge in [-0.2, -0.15) is 31.4 Å². The van der Waals surface area contributed by atoms with Gasteiger partial charge in [-0.05, 0) is 71.9 Å². The van der Waals surface area contributed by atoms with Gasteiger partial charge in [-0.1, -0.05) is 12.1 Å². The Labute approximate surface area is 224 Å². The molecule has 0 bridgehead atoms. The van der Waals surface area contributed by atoms with Crippen LogP contribution < -0.4 is 10.1 Å². The lowest BCUT2D eigenvalue weighted by molar-refractivity contribution is -0.201. The average Bonchev–Trinajstić information content (AvgIpc) is 3.37. The number of nitrogens with one attached hydrogen (secondary N) is 2. The molecule has 15 heteroatoms. The molecule has 1 amide bonds. The van der Waals surface area contributed by atoms with E-state index in [0.717, 1.165) is 12.8 Å². The lowest BCUT2D eigenvalue weighted by Crippen LogP contribution is -2.58. The molecule has 1 aromatic carbocycles. The third kappa shape index (κ3) is 5.82. The number of amides is 1. The zero-order valence-electron chi connectivity index (χ0n) is 21.0. The highest BCUT2D eigenvalue weighted by Crippen LogP contribution is 2.49. The molecule has 0 unspecified atom stereocenters. The van der Waals surface area contributed by atoms with E-state index in [0.29, 0.717) is 12.8 Å². The van der Waals surface area contributed by atoms with E-state index < -0.39 is 36.6 Å². The number of alkyl halides is 6. The molecule has 3 heterocycles. The van der Waals surface area contributed by atoms with E-state index >= 15 is 0 Å². The molecule has 1 aliphatic carbocycles. The number of ether oxygens (including phenoxy) is 1. The number of tetrazole rings is 1. The molecule has 1 aliphatic heterocycles. The van der Waals surface area contributed by atoms with Crippen LogP contribution in [0.4, 0.5) is 26.3 Å². The Bertz CT molecular complexity index is 1360. The van der Waals surface area contributed by atoms with Gasteiger partial charge in [0.1, 0.15) is 5.75 Å². The Kier molecular flexibility index (Phi) is 7.31. The van der Waals surface area contributed by atoms with Gasteiger partial charge in [0.2, 0.25) is 0 Å². The van der Waals surface area contributed by atoms with Gasteiger partial charge in [-0.25, -0.2) is 5.10 Å². The van der Waals surface area contributed by atoms with Crippen LogP contribution in [-0.4, -0.2) is 55.3 Å². The second-order valence-corrected chi connectivity index (χ2v) is 9.85. The number of hydrogen-bond donors (Lipinski definition) is 2. The van der Waals surface area contributed by atoms with Crippen LogP contribution in [0, 0.1) is 0 Å². The lowest BCUT2D eigenvalue weighted by Gasteiger charge is -2.41. The van der Waals surface area contributed by atoms with E-state index in [1.807, 2.05) is 0 Å². The first-order valence-electron chi connectivity index (χ1n) is 12.7. The Morgan fingerprint density at radius 1 is 1.02 bits per heavy atom. The van der Waals surface area contributed by atoms with Gasteiger partial charge in [0.25, 0.3) is 5.91 Å². The number of aromatic nitrogens is 6. The van der Waals surface area contributed by atoms with Crippen LogP contribution in [-0.2, 0) is 10.3 Å². The monoisotopic (exact) mass is 569 g/mol. The number of hydrogen-bond acceptors (Lipinski definition) is 6. The number of unbranched alkanes of at least 4 members (excludes halogenated alkanes) is 2. The summed E-state index contributed by atoms with van der Waals surface area (Å²) >= 11 is 0. The Hall–Kier alpha value is -3.91. The molecule has 3 aromatic rings. The van der Waals surface area contributed by atoms with Crippen LogP contribution in [0.15, 0.2) is 36.5 Å². The number of nitrogens with zero attached hydrogens (tertiary/aromatic N) is 5. The summed E-state index contributed by atoms with van der Waals surface area (Å²) in [5.74, 6) is -0.841. The van der Waals surface area contributed by atoms with Crippen molar-refractivity contribution in [1.29, 1.82) is 0 Å². The van der Waals surface area contributed by atoms with Crippen LogP contribution in [0.2, 0.25) is 0 Å². The van der Waals surface area contributed by atoms with Crippen molar-refractivity contribution in [3.8, 4) is 5.75 Å². The standard InChI is InChI=1S/C25H25F6N7O2/c26-24(27,28)11-2-1-3-13-40-17-8-4-15(5-9-17)23(25(29,30)31)14-18(19-10-12-38(35-19)16-6-7-16)20(22(39)32-23)21-33-36-37-34-21/h4-5,8-10,12,16H,1-3,6-7,11,13-14H2,(H,32,39)(H,33,34,36,37)/t23-/m0/s1. The summed E-state index contributed by atoms with van der Waals surface area (Å²) in [6.45, 7) is 0.115. The van der Waals surface area contributed by atoms with Gasteiger partial charge >= 0.3 is 12.4 Å². The molecule has 0 saturated heterocycles. The fraction of sp³-hybridized carbons (Fsp3) is 0.480. The van der Waals surface area contributed by atoms with Crippen molar-refractivity contribution in [2.45, 2.75) is 68.9 Å². The summed E-state index contributed by atoms with van der Waals surface area (Å²) in [5.41, 5.74) is -2.88. The molecule has 2 N–H and O–H groups in total. The zero-order valence-corrected chi connectivity index (χ0v) is 21.0. The number of rotatable bonds is 10. The maximum atomic E-state index is 14.8. The first kappa shape index (κ1) is 27.6. The van der Waals surface area contributed by atoms with Crippen molar-refractivity contribution < 1.29 is 35.9 Å². The van der Waals surface area contributed by atoms with E-state index in [4.69, 9.17) is 4.74 Å². The first-order chi connectivity index (χ1) is 19.0. The Balaban J connectivity index is 1.40. The number of aromatic amines is 1. The van der Waals surface area contributed by atoms with Gasteiger partial charge in [0, 0.05) is 19.0 Å². The summed E-state index contributed by atoms with van der Waals surface area (Å²) < 4.78 is 88.5. The van der Waals surface area contributed by atoms with Crippen molar-refractivity contribution >= 4 is 17.1 Å². The maximum absolute atomic E-state index is 14.8. The van der Waals surface area contributed by atoms with Gasteiger partial charge < -0.3 is 10.1 Å². The summed E-state index contributed by atoms with van der Waals surface area (Å²) in [7, 11) is 0. The largest absolute Gasteiger partial charge is 0.494 e. The first-order valence-corrected chi connectivity index (χ1v) is 12.7. The van der Waals surface area contributed by atoms with Gasteiger partial charge in [-0.3, -0.25) is 9.48 Å². The number of carbonyl (C=O) groups is 1. The molecular weight excluding hydrogens is 544 g/mol. The van der Waals surface area contributed by atoms with Crippen LogP contribution in [0.1, 0.15) is 68.1 Å². The summed E-state index contributed by atoms with van der Waals surface area (Å²) in [5, 5.41) is 19.7. The molecule has 40 heavy (non-hydrogen) atoms. The lowest BCUT2D eigenvalue weighted by atomic mass is 9.77. The highest BCUT2D eigenvalue weighted by molar-refractivity contribution is 6.27. The predicted molar refractivity (Wildman–Crippen MR) is 128 cm³/mol. The minimum absolute atomic E-state index is 0.0273. The molecular formula is C25H25F6N7O2. The molecule has 0 radical (unpaired) electrons. The maximum Gasteiger partial charge on any atom is 0.416 e. The number of halogens is 6. The Morgan fingerprint density at radius 3 is 2.40 bits per heavy atom. The van der Waals surface area contributed by atoms with Crippen molar-refractivity contribution in [2.75, 3.05) is 6.61 Å². The van der Waals surface area contributed by atoms with Crippen molar-refractivity contribution in [3.63, 3.8) is 0 Å². The average molecular weight is 570 g/mol. The number of H-pyrrole nitrogens is 1. The highest BCUT2D eigenvalue weighted by atomic mass is 19.4. The second-order valence-electron chi connectivity index (χ2n) is 9.85. The number of benzene rings is 1. The predicted octanol–water partition coefficient (Wildman–Crippen LogP) is 5.12. The molecule has 2 aliphatic rings. The van der Waals surface area contributed by atoms with Crippen LogP contribution in [0.5, 0.6) is 5.75 Å². The Morgan fingerprint density at radius 2 is 1.77 bits per heavy atom. The van der Waals surface area contributed by atoms with E-state index in [9.17, 15) is 31.1 Å². The smallest absolute Gasteiger partial charge is 0.416 e. The van der Waals surface area contributed by atoms with E-state index in [1.165, 1.54) is 24.3 Å². The van der Waals surface area contributed by atoms with Gasteiger partial charge in [-0.15, -0.1) is 5.10 Å². The molecule has 9 nitrogen and oxygen atoms in total. The molecule has 1 fully saturated rings. The zero-order chi connectivity index (χ0) is 28.5.